The van der Waals surface area contributed by atoms with Crippen molar-refractivity contribution in [1.29, 1.82) is 0 Å². The fraction of sp³-hybridized carbons (Fsp3) is 0.417. The van der Waals surface area contributed by atoms with Gasteiger partial charge >= 0.3 is 0 Å². The Bertz CT molecular complexity index is 550. The second-order valence-electron chi connectivity index (χ2n) is 4.36. The minimum Gasteiger partial charge on any atom is -0.353 e. The Morgan fingerprint density at radius 1 is 1.53 bits per heavy atom. The van der Waals surface area contributed by atoms with Crippen LogP contribution in [0.15, 0.2) is 6.08 Å². The maximum atomic E-state index is 11.9. The Labute approximate surface area is 116 Å². The molecule has 1 aromatic rings. The summed E-state index contributed by atoms with van der Waals surface area (Å²) in [5.41, 5.74) is 1.48. The van der Waals surface area contributed by atoms with Crippen LogP contribution in [0.2, 0.25) is 5.15 Å². The van der Waals surface area contributed by atoms with Crippen LogP contribution in [0.4, 0.5) is 0 Å². The summed E-state index contributed by atoms with van der Waals surface area (Å²) in [6, 6.07) is 0. The van der Waals surface area contributed by atoms with E-state index in [0.717, 1.165) is 11.3 Å². The summed E-state index contributed by atoms with van der Waals surface area (Å²) in [7, 11) is 1.74. The summed E-state index contributed by atoms with van der Waals surface area (Å²) in [6.07, 6.45) is 3.06. The molecule has 1 fully saturated rings. The third kappa shape index (κ3) is 2.96. The Hall–Kier alpha value is -1.82. The first-order valence-electron chi connectivity index (χ1n) is 5.92. The van der Waals surface area contributed by atoms with Crippen molar-refractivity contribution in [3.05, 3.63) is 22.5 Å². The predicted molar refractivity (Wildman–Crippen MR) is 71.6 cm³/mol. The maximum absolute atomic E-state index is 11.9. The first kappa shape index (κ1) is 13.6. The van der Waals surface area contributed by atoms with E-state index in [1.165, 1.54) is 11.0 Å². The molecule has 19 heavy (non-hydrogen) atoms. The van der Waals surface area contributed by atoms with Crippen LogP contribution in [-0.2, 0) is 16.6 Å². The van der Waals surface area contributed by atoms with E-state index in [2.05, 4.69) is 10.4 Å². The van der Waals surface area contributed by atoms with Crippen LogP contribution in [0.5, 0.6) is 0 Å². The van der Waals surface area contributed by atoms with Gasteiger partial charge in [0.2, 0.25) is 11.8 Å². The normalized spacial score (nSPS) is 15.9. The molecule has 2 amide bonds. The van der Waals surface area contributed by atoms with Crippen LogP contribution in [0.3, 0.4) is 0 Å². The topological polar surface area (TPSA) is 67.2 Å². The summed E-state index contributed by atoms with van der Waals surface area (Å²) in [5.74, 6) is -0.335. The number of carbonyl (C=O) groups is 2. The fourth-order valence-corrected chi connectivity index (χ4v) is 2.16. The van der Waals surface area contributed by atoms with Gasteiger partial charge in [-0.25, -0.2) is 0 Å². The van der Waals surface area contributed by atoms with Crippen LogP contribution in [0, 0.1) is 6.92 Å². The smallest absolute Gasteiger partial charge is 0.247 e. The number of aromatic nitrogens is 2. The lowest BCUT2D eigenvalue weighted by Crippen LogP contribution is -2.49. The van der Waals surface area contributed by atoms with Gasteiger partial charge in [0.25, 0.3) is 0 Å². The third-order valence-corrected chi connectivity index (χ3v) is 3.39. The molecule has 6 nitrogen and oxygen atoms in total. The van der Waals surface area contributed by atoms with Crippen LogP contribution in [0.1, 0.15) is 11.3 Å². The predicted octanol–water partition coefficient (Wildman–Crippen LogP) is 0.354. The Morgan fingerprint density at radius 3 is 2.84 bits per heavy atom. The molecule has 0 radical (unpaired) electrons. The van der Waals surface area contributed by atoms with E-state index in [4.69, 9.17) is 11.6 Å². The molecule has 0 aliphatic carbocycles. The zero-order chi connectivity index (χ0) is 14.0. The van der Waals surface area contributed by atoms with Gasteiger partial charge in [-0.1, -0.05) is 11.6 Å². The molecule has 1 aromatic heterocycles. The first-order chi connectivity index (χ1) is 8.99. The van der Waals surface area contributed by atoms with Crippen molar-refractivity contribution in [3.8, 4) is 0 Å². The van der Waals surface area contributed by atoms with Crippen LogP contribution in [-0.4, -0.2) is 46.1 Å². The standard InChI is InChI=1S/C12H15ClN4O2/c1-8-9(12(13)16(2)15-8)3-4-11(19)17-6-5-14-10(18)7-17/h3-4H,5-7H2,1-2H3,(H,14,18)/b4-3-. The molecule has 1 aliphatic rings. The largest absolute Gasteiger partial charge is 0.353 e. The second kappa shape index (κ2) is 5.44. The van der Waals surface area contributed by atoms with E-state index in [0.29, 0.717) is 18.2 Å². The lowest BCUT2D eigenvalue weighted by Gasteiger charge is -2.25. The van der Waals surface area contributed by atoms with Crippen molar-refractivity contribution in [2.75, 3.05) is 19.6 Å². The Morgan fingerprint density at radius 2 is 2.26 bits per heavy atom. The summed E-state index contributed by atoms with van der Waals surface area (Å²) in [6.45, 7) is 2.94. The van der Waals surface area contributed by atoms with Gasteiger partial charge in [-0.05, 0) is 13.0 Å². The van der Waals surface area contributed by atoms with E-state index in [-0.39, 0.29) is 18.4 Å². The van der Waals surface area contributed by atoms with Gasteiger partial charge in [0.05, 0.1) is 12.2 Å². The molecule has 2 heterocycles. The molecule has 1 aliphatic heterocycles. The molecule has 1 N–H and O–H groups in total. The van der Waals surface area contributed by atoms with E-state index in [1.807, 2.05) is 6.92 Å². The molecule has 2 rings (SSSR count). The lowest BCUT2D eigenvalue weighted by atomic mass is 10.2. The zero-order valence-electron chi connectivity index (χ0n) is 10.8. The monoisotopic (exact) mass is 282 g/mol. The second-order valence-corrected chi connectivity index (χ2v) is 4.71. The number of halogens is 1. The summed E-state index contributed by atoms with van der Waals surface area (Å²) < 4.78 is 1.55. The highest BCUT2D eigenvalue weighted by Gasteiger charge is 2.19. The number of amides is 2. The minimum atomic E-state index is -0.200. The van der Waals surface area contributed by atoms with Crippen molar-refractivity contribution < 1.29 is 9.59 Å². The molecular weight excluding hydrogens is 268 g/mol. The molecular formula is C12H15ClN4O2. The average Bonchev–Trinajstić information content (AvgIpc) is 2.61. The van der Waals surface area contributed by atoms with E-state index in [1.54, 1.807) is 17.8 Å². The SMILES string of the molecule is Cc1nn(C)c(Cl)c1/C=C\C(=O)N1CCNC(=O)C1. The van der Waals surface area contributed by atoms with E-state index < -0.39 is 0 Å². The molecule has 102 valence electrons. The molecule has 7 heteroatoms. The molecule has 0 atom stereocenters. The third-order valence-electron chi connectivity index (χ3n) is 2.94. The number of aryl methyl sites for hydroxylation is 2. The molecule has 0 spiro atoms. The average molecular weight is 283 g/mol. The molecule has 0 bridgehead atoms. The number of hydrogen-bond donors (Lipinski definition) is 1. The number of carbonyl (C=O) groups excluding carboxylic acids is 2. The first-order valence-corrected chi connectivity index (χ1v) is 6.29. The van der Waals surface area contributed by atoms with Crippen molar-refractivity contribution >= 4 is 29.5 Å². The van der Waals surface area contributed by atoms with Gasteiger partial charge in [-0.15, -0.1) is 0 Å². The van der Waals surface area contributed by atoms with Crippen molar-refractivity contribution in [2.45, 2.75) is 6.92 Å². The van der Waals surface area contributed by atoms with Crippen molar-refractivity contribution in [2.24, 2.45) is 7.05 Å². The molecule has 1 saturated heterocycles. The molecule has 0 unspecified atom stereocenters. The Kier molecular flexibility index (Phi) is 3.90. The van der Waals surface area contributed by atoms with Gasteiger partial charge in [0.15, 0.2) is 0 Å². The van der Waals surface area contributed by atoms with Crippen molar-refractivity contribution in [1.82, 2.24) is 20.0 Å². The van der Waals surface area contributed by atoms with Crippen molar-refractivity contribution in [3.63, 3.8) is 0 Å². The van der Waals surface area contributed by atoms with Gasteiger partial charge < -0.3 is 10.2 Å². The number of piperazine rings is 1. The van der Waals surface area contributed by atoms with E-state index in [9.17, 15) is 9.59 Å². The number of nitrogens with zero attached hydrogens (tertiary/aromatic N) is 3. The quantitative estimate of drug-likeness (QED) is 0.796. The fourth-order valence-electron chi connectivity index (χ4n) is 1.92. The number of rotatable bonds is 2. The summed E-state index contributed by atoms with van der Waals surface area (Å²) in [4.78, 5) is 24.6. The van der Waals surface area contributed by atoms with Gasteiger partial charge in [0, 0.05) is 31.8 Å². The van der Waals surface area contributed by atoms with Gasteiger partial charge in [-0.3, -0.25) is 14.3 Å². The highest BCUT2D eigenvalue weighted by atomic mass is 35.5. The molecule has 0 aromatic carbocycles. The minimum absolute atomic E-state index is 0.100. The van der Waals surface area contributed by atoms with Crippen LogP contribution in [0.25, 0.3) is 6.08 Å². The Balaban J connectivity index is 2.09. The van der Waals surface area contributed by atoms with Gasteiger partial charge in [-0.2, -0.15) is 5.10 Å². The highest BCUT2D eigenvalue weighted by molar-refractivity contribution is 6.31. The van der Waals surface area contributed by atoms with E-state index >= 15 is 0 Å². The van der Waals surface area contributed by atoms with Crippen LogP contribution >= 0.6 is 11.6 Å². The molecule has 0 saturated carbocycles. The van der Waals surface area contributed by atoms with Gasteiger partial charge in [0.1, 0.15) is 5.15 Å². The summed E-state index contributed by atoms with van der Waals surface area (Å²) >= 11 is 6.07. The number of nitrogens with one attached hydrogen (secondary N) is 1. The maximum Gasteiger partial charge on any atom is 0.247 e. The summed E-state index contributed by atoms with van der Waals surface area (Å²) in [5, 5.41) is 7.31. The highest BCUT2D eigenvalue weighted by Crippen LogP contribution is 2.20. The van der Waals surface area contributed by atoms with Crippen LogP contribution < -0.4 is 5.32 Å². The lowest BCUT2D eigenvalue weighted by molar-refractivity contribution is -0.134. The number of hydrogen-bond acceptors (Lipinski definition) is 3. The zero-order valence-corrected chi connectivity index (χ0v) is 11.6.